The Morgan fingerprint density at radius 1 is 1.30 bits per heavy atom. The Hall–Kier alpha value is -2.88. The van der Waals surface area contributed by atoms with Crippen molar-refractivity contribution in [2.75, 3.05) is 5.32 Å². The number of nitrogens with one attached hydrogen (secondary N) is 2. The topological polar surface area (TPSA) is 115 Å². The van der Waals surface area contributed by atoms with Gasteiger partial charge in [0.15, 0.2) is 0 Å². The summed E-state index contributed by atoms with van der Waals surface area (Å²) in [6.07, 6.45) is -1.47. The second kappa shape index (κ2) is 7.78. The Balaban J connectivity index is 1.97. The van der Waals surface area contributed by atoms with Gasteiger partial charge in [-0.25, -0.2) is 9.89 Å². The van der Waals surface area contributed by atoms with Gasteiger partial charge in [-0.15, -0.1) is 5.10 Å². The average molecular weight is 407 g/mol. The first-order valence-corrected chi connectivity index (χ1v) is 8.58. The van der Waals surface area contributed by atoms with Crippen LogP contribution in [0.5, 0.6) is 0 Å². The van der Waals surface area contributed by atoms with Gasteiger partial charge in [-0.05, 0) is 42.9 Å². The van der Waals surface area contributed by atoms with Crippen LogP contribution in [0.25, 0.3) is 11.5 Å². The van der Waals surface area contributed by atoms with Crippen molar-refractivity contribution >= 4 is 41.3 Å². The lowest BCUT2D eigenvalue weighted by Crippen LogP contribution is -2.28. The largest absolute Gasteiger partial charge is 0.463 e. The van der Waals surface area contributed by atoms with E-state index in [1.54, 1.807) is 24.3 Å². The molecule has 0 radical (unpaired) electrons. The fourth-order valence-electron chi connectivity index (χ4n) is 2.54. The van der Waals surface area contributed by atoms with Crippen LogP contribution < -0.4 is 5.32 Å². The molecule has 0 aliphatic heterocycles. The Kier molecular flexibility index (Phi) is 5.45. The Labute approximate surface area is 164 Å². The van der Waals surface area contributed by atoms with Crippen LogP contribution in [0.15, 0.2) is 46.9 Å². The molecule has 2 aromatic carbocycles. The van der Waals surface area contributed by atoms with Gasteiger partial charge in [-0.1, -0.05) is 35.9 Å². The Bertz CT molecular complexity index is 1040. The second-order valence-electron chi connectivity index (χ2n) is 5.60. The van der Waals surface area contributed by atoms with Gasteiger partial charge >= 0.3 is 6.09 Å². The number of amides is 1. The van der Waals surface area contributed by atoms with E-state index in [1.807, 2.05) is 18.2 Å². The molecular weight excluding hydrogens is 392 g/mol. The molecule has 1 amide bonds. The van der Waals surface area contributed by atoms with Crippen LogP contribution in [0.3, 0.4) is 0 Å². The van der Waals surface area contributed by atoms with Crippen molar-refractivity contribution in [3.05, 3.63) is 57.9 Å². The molecule has 0 aliphatic carbocycles. The first-order chi connectivity index (χ1) is 12.9. The molecule has 0 saturated carbocycles. The van der Waals surface area contributed by atoms with Crippen LogP contribution in [-0.2, 0) is 0 Å². The van der Waals surface area contributed by atoms with Crippen LogP contribution in [0.2, 0.25) is 5.02 Å². The summed E-state index contributed by atoms with van der Waals surface area (Å²) in [6.45, 7) is 1.53. The van der Waals surface area contributed by atoms with Crippen LogP contribution in [-0.4, -0.2) is 31.7 Å². The van der Waals surface area contributed by atoms with Gasteiger partial charge in [-0.2, -0.15) is 5.06 Å². The normalized spacial score (nSPS) is 11.8. The molecule has 1 heterocycles. The average Bonchev–Trinajstić information content (AvgIpc) is 3.09. The van der Waals surface area contributed by atoms with E-state index >= 15 is 0 Å². The van der Waals surface area contributed by atoms with Gasteiger partial charge in [0.2, 0.25) is 5.89 Å². The number of nitrogens with zero attached hydrogens (tertiary/aromatic N) is 2. The number of hydrogen-bond donors (Lipinski definition) is 4. The highest BCUT2D eigenvalue weighted by Gasteiger charge is 2.22. The van der Waals surface area contributed by atoms with E-state index in [-0.39, 0.29) is 14.9 Å². The maximum atomic E-state index is 11.0. The summed E-state index contributed by atoms with van der Waals surface area (Å²) >= 11 is 11.4. The number of halogens is 1. The number of benzene rings is 2. The minimum absolute atomic E-state index is 0.158. The van der Waals surface area contributed by atoms with E-state index in [2.05, 4.69) is 15.5 Å². The monoisotopic (exact) mass is 406 g/mol. The van der Waals surface area contributed by atoms with Crippen LogP contribution in [0.1, 0.15) is 18.5 Å². The maximum absolute atomic E-state index is 11.0. The number of aromatic amines is 1. The second-order valence-corrected chi connectivity index (χ2v) is 6.35. The van der Waals surface area contributed by atoms with Crippen LogP contribution >= 0.6 is 23.8 Å². The lowest BCUT2D eigenvalue weighted by Gasteiger charge is -2.22. The molecule has 0 bridgehead atoms. The molecule has 4 N–H and O–H groups in total. The van der Waals surface area contributed by atoms with Gasteiger partial charge in [0.05, 0.1) is 28.0 Å². The number of hydroxylamine groups is 2. The molecule has 140 valence electrons. The van der Waals surface area contributed by atoms with Crippen molar-refractivity contribution in [2.24, 2.45) is 0 Å². The number of para-hydroxylation sites is 1. The number of anilines is 2. The zero-order valence-electron chi connectivity index (χ0n) is 14.0. The van der Waals surface area contributed by atoms with E-state index in [4.69, 9.17) is 33.3 Å². The molecule has 8 nitrogen and oxygen atoms in total. The third-order valence-corrected chi connectivity index (χ3v) is 4.50. The molecule has 1 atom stereocenters. The van der Waals surface area contributed by atoms with E-state index in [1.165, 1.54) is 6.92 Å². The van der Waals surface area contributed by atoms with Crippen molar-refractivity contribution in [3.63, 3.8) is 0 Å². The molecule has 1 aromatic heterocycles. The summed E-state index contributed by atoms with van der Waals surface area (Å²) in [7, 11) is 0. The molecule has 27 heavy (non-hydrogen) atoms. The Morgan fingerprint density at radius 2 is 2.00 bits per heavy atom. The van der Waals surface area contributed by atoms with Crippen molar-refractivity contribution in [1.29, 1.82) is 0 Å². The highest BCUT2D eigenvalue weighted by molar-refractivity contribution is 7.71. The summed E-state index contributed by atoms with van der Waals surface area (Å²) in [5.41, 5.74) is 2.30. The Morgan fingerprint density at radius 3 is 2.67 bits per heavy atom. The molecule has 0 aliphatic rings. The van der Waals surface area contributed by atoms with Crippen molar-refractivity contribution < 1.29 is 19.5 Å². The lowest BCUT2D eigenvalue weighted by atomic mass is 10.1. The fraction of sp³-hybridized carbons (Fsp3) is 0.118. The molecule has 3 aromatic rings. The molecule has 3 rings (SSSR count). The van der Waals surface area contributed by atoms with Crippen LogP contribution in [0.4, 0.5) is 16.2 Å². The van der Waals surface area contributed by atoms with Crippen LogP contribution in [0, 0.1) is 4.84 Å². The summed E-state index contributed by atoms with van der Waals surface area (Å²) < 4.78 is 5.37. The minimum Gasteiger partial charge on any atom is -0.463 e. The fourth-order valence-corrected chi connectivity index (χ4v) is 2.99. The number of rotatable bonds is 5. The third-order valence-electron chi connectivity index (χ3n) is 3.91. The number of hydrogen-bond acceptors (Lipinski definition) is 6. The smallest absolute Gasteiger partial charge is 0.431 e. The van der Waals surface area contributed by atoms with Crippen molar-refractivity contribution in [2.45, 2.75) is 13.0 Å². The van der Waals surface area contributed by atoms with Crippen molar-refractivity contribution in [1.82, 2.24) is 15.3 Å². The van der Waals surface area contributed by atoms with E-state index < -0.39 is 12.1 Å². The van der Waals surface area contributed by atoms with E-state index in [0.29, 0.717) is 28.4 Å². The molecule has 1 unspecified atom stereocenters. The molecule has 10 heteroatoms. The van der Waals surface area contributed by atoms with Gasteiger partial charge in [0, 0.05) is 0 Å². The number of H-pyrrole nitrogens is 1. The van der Waals surface area contributed by atoms with E-state index in [0.717, 1.165) is 0 Å². The first kappa shape index (κ1) is 18.9. The summed E-state index contributed by atoms with van der Waals surface area (Å²) in [6, 6.07) is 11.5. The minimum atomic E-state index is -1.47. The predicted octanol–water partition coefficient (Wildman–Crippen LogP) is 5.23. The molecule has 0 spiro atoms. The highest BCUT2D eigenvalue weighted by Crippen LogP contribution is 2.36. The van der Waals surface area contributed by atoms with Crippen molar-refractivity contribution in [3.8, 4) is 11.5 Å². The van der Waals surface area contributed by atoms with Gasteiger partial charge in [0.25, 0.3) is 4.84 Å². The van der Waals surface area contributed by atoms with Gasteiger partial charge in [0.1, 0.15) is 0 Å². The number of carbonyl (C=O) groups is 1. The first-order valence-electron chi connectivity index (χ1n) is 7.80. The summed E-state index contributed by atoms with van der Waals surface area (Å²) in [4.78, 5) is 11.2. The molecule has 0 fully saturated rings. The predicted molar refractivity (Wildman–Crippen MR) is 102 cm³/mol. The van der Waals surface area contributed by atoms with Gasteiger partial charge in [-0.3, -0.25) is 5.21 Å². The lowest BCUT2D eigenvalue weighted by molar-refractivity contribution is -0.0928. The standard InChI is InChI=1S/C17H15ClN4O4S/c1-9(22(25)17(23)24)10-6-4-8-13(14(10)18)19-12-7-3-2-5-11(12)15-20-21-16(27)26-15/h2-9,19,25H,1H3,(H,21,27)(H,23,24). The third kappa shape index (κ3) is 3.95. The molecular formula is C17H15ClN4O4S. The van der Waals surface area contributed by atoms with E-state index in [9.17, 15) is 10.0 Å². The maximum Gasteiger partial charge on any atom is 0.431 e. The van der Waals surface area contributed by atoms with Gasteiger partial charge < -0.3 is 14.8 Å². The number of aromatic nitrogens is 2. The number of carboxylic acid groups (broad SMARTS) is 1. The quantitative estimate of drug-likeness (QED) is 0.260. The summed E-state index contributed by atoms with van der Waals surface area (Å²) in [5.74, 6) is 0.316. The zero-order valence-corrected chi connectivity index (χ0v) is 15.6. The SMILES string of the molecule is CC(c1cccc(Nc2ccccc2-c2n[nH]c(=S)o2)c1Cl)N(O)C(=O)O. The highest BCUT2D eigenvalue weighted by atomic mass is 35.5. The summed E-state index contributed by atoms with van der Waals surface area (Å²) in [5, 5.41) is 28.9. The zero-order chi connectivity index (χ0) is 19.6. The molecule has 0 saturated heterocycles.